The Morgan fingerprint density at radius 1 is 1.30 bits per heavy atom. The lowest BCUT2D eigenvalue weighted by molar-refractivity contribution is 0.100. The Hall–Kier alpha value is -1.94. The molecule has 0 saturated carbocycles. The molecule has 1 aliphatic rings. The van der Waals surface area contributed by atoms with Crippen molar-refractivity contribution >= 4 is 23.1 Å². The summed E-state index contributed by atoms with van der Waals surface area (Å²) in [5.41, 5.74) is 10.3. The molecule has 0 fully saturated rings. The van der Waals surface area contributed by atoms with Crippen molar-refractivity contribution in [1.82, 2.24) is 0 Å². The summed E-state index contributed by atoms with van der Waals surface area (Å²) >= 11 is 1.67. The number of nitrogens with zero attached hydrogens (tertiary/aromatic N) is 1. The van der Waals surface area contributed by atoms with Crippen molar-refractivity contribution in [1.29, 1.82) is 0 Å². The van der Waals surface area contributed by atoms with Crippen LogP contribution in [0.25, 0.3) is 0 Å². The number of aryl methyl sites for hydroxylation is 2. The number of amides is 1. The average molecular weight is 284 g/mol. The third-order valence-electron chi connectivity index (χ3n) is 3.54. The van der Waals surface area contributed by atoms with Gasteiger partial charge in [0.25, 0.3) is 5.91 Å². The van der Waals surface area contributed by atoms with Crippen molar-refractivity contribution in [3.63, 3.8) is 0 Å². The predicted molar refractivity (Wildman–Crippen MR) is 82.7 cm³/mol. The van der Waals surface area contributed by atoms with E-state index in [4.69, 9.17) is 5.73 Å². The SMILES string of the molecule is Cc1ccc(Cc2cc3c(s2)CC(N)=NC3=O)c(C)c1. The largest absolute Gasteiger partial charge is 0.387 e. The van der Waals surface area contributed by atoms with Crippen LogP contribution in [0.1, 0.15) is 36.8 Å². The molecule has 0 spiro atoms. The van der Waals surface area contributed by atoms with Crippen molar-refractivity contribution in [3.8, 4) is 0 Å². The fourth-order valence-corrected chi connectivity index (χ4v) is 3.71. The van der Waals surface area contributed by atoms with Crippen LogP contribution < -0.4 is 5.73 Å². The highest BCUT2D eigenvalue weighted by atomic mass is 32.1. The van der Waals surface area contributed by atoms with Crippen LogP contribution in [0.15, 0.2) is 29.3 Å². The van der Waals surface area contributed by atoms with Gasteiger partial charge in [0.05, 0.1) is 5.56 Å². The van der Waals surface area contributed by atoms with E-state index in [1.807, 2.05) is 6.07 Å². The quantitative estimate of drug-likeness (QED) is 0.921. The van der Waals surface area contributed by atoms with E-state index in [0.29, 0.717) is 12.3 Å². The van der Waals surface area contributed by atoms with Gasteiger partial charge in [-0.2, -0.15) is 4.99 Å². The molecule has 3 nitrogen and oxygen atoms in total. The first-order valence-corrected chi connectivity index (χ1v) is 7.39. The van der Waals surface area contributed by atoms with Gasteiger partial charge in [-0.3, -0.25) is 4.79 Å². The summed E-state index contributed by atoms with van der Waals surface area (Å²) in [5.74, 6) is 0.217. The van der Waals surface area contributed by atoms with Crippen molar-refractivity contribution in [2.75, 3.05) is 0 Å². The monoisotopic (exact) mass is 284 g/mol. The molecular formula is C16H16N2OS. The van der Waals surface area contributed by atoms with E-state index in [0.717, 1.165) is 16.9 Å². The van der Waals surface area contributed by atoms with E-state index >= 15 is 0 Å². The first-order valence-electron chi connectivity index (χ1n) is 6.58. The molecule has 1 aromatic heterocycles. The van der Waals surface area contributed by atoms with Crippen LogP contribution in [0.3, 0.4) is 0 Å². The molecule has 3 rings (SSSR count). The van der Waals surface area contributed by atoms with Gasteiger partial charge < -0.3 is 5.73 Å². The van der Waals surface area contributed by atoms with Crippen LogP contribution in [-0.2, 0) is 12.8 Å². The van der Waals surface area contributed by atoms with Crippen molar-refractivity contribution in [2.45, 2.75) is 26.7 Å². The van der Waals surface area contributed by atoms with Crippen LogP contribution in [0.4, 0.5) is 0 Å². The number of benzene rings is 1. The molecule has 0 aliphatic carbocycles. The van der Waals surface area contributed by atoms with Crippen molar-refractivity contribution in [2.24, 2.45) is 10.7 Å². The van der Waals surface area contributed by atoms with Gasteiger partial charge in [-0.1, -0.05) is 23.8 Å². The van der Waals surface area contributed by atoms with E-state index in [9.17, 15) is 4.79 Å². The highest BCUT2D eigenvalue weighted by Crippen LogP contribution is 2.29. The second kappa shape index (κ2) is 4.87. The van der Waals surface area contributed by atoms with Gasteiger partial charge in [-0.25, -0.2) is 0 Å². The zero-order valence-electron chi connectivity index (χ0n) is 11.6. The number of carbonyl (C=O) groups excluding carboxylic acids is 1. The lowest BCUT2D eigenvalue weighted by atomic mass is 10.0. The topological polar surface area (TPSA) is 55.4 Å². The maximum Gasteiger partial charge on any atom is 0.279 e. The number of fused-ring (bicyclic) bond motifs is 1. The maximum atomic E-state index is 11.8. The Bertz CT molecular complexity index is 728. The Morgan fingerprint density at radius 3 is 2.85 bits per heavy atom. The van der Waals surface area contributed by atoms with Gasteiger partial charge in [0.2, 0.25) is 0 Å². The lowest BCUT2D eigenvalue weighted by Gasteiger charge is -2.05. The highest BCUT2D eigenvalue weighted by Gasteiger charge is 2.21. The van der Waals surface area contributed by atoms with Gasteiger partial charge in [0.15, 0.2) is 0 Å². The van der Waals surface area contributed by atoms with Crippen molar-refractivity contribution in [3.05, 3.63) is 56.3 Å². The van der Waals surface area contributed by atoms with Crippen LogP contribution in [0.2, 0.25) is 0 Å². The third-order valence-corrected chi connectivity index (χ3v) is 4.68. The third kappa shape index (κ3) is 2.39. The number of hydrogen-bond acceptors (Lipinski definition) is 3. The molecule has 0 bridgehead atoms. The molecule has 0 atom stereocenters. The number of nitrogens with two attached hydrogens (primary N) is 1. The molecule has 102 valence electrons. The number of hydrogen-bond donors (Lipinski definition) is 1. The second-order valence-electron chi connectivity index (χ2n) is 5.24. The minimum absolute atomic E-state index is 0.202. The van der Waals surface area contributed by atoms with E-state index in [-0.39, 0.29) is 5.91 Å². The van der Waals surface area contributed by atoms with Crippen LogP contribution in [0, 0.1) is 13.8 Å². The molecule has 2 N–H and O–H groups in total. The van der Waals surface area contributed by atoms with E-state index < -0.39 is 0 Å². The van der Waals surface area contributed by atoms with Gasteiger partial charge in [0, 0.05) is 22.6 Å². The molecule has 2 aromatic rings. The number of amidine groups is 1. The minimum Gasteiger partial charge on any atom is -0.387 e. The number of aliphatic imine (C=N–C) groups is 1. The number of rotatable bonds is 2. The summed E-state index contributed by atoms with van der Waals surface area (Å²) in [6, 6.07) is 8.45. The van der Waals surface area contributed by atoms with E-state index in [1.165, 1.54) is 21.6 Å². The van der Waals surface area contributed by atoms with Crippen molar-refractivity contribution < 1.29 is 4.79 Å². The first kappa shape index (κ1) is 13.1. The van der Waals surface area contributed by atoms with Crippen LogP contribution in [-0.4, -0.2) is 11.7 Å². The summed E-state index contributed by atoms with van der Waals surface area (Å²) in [6.45, 7) is 4.22. The van der Waals surface area contributed by atoms with E-state index in [1.54, 1.807) is 11.3 Å². The van der Waals surface area contributed by atoms with Crippen LogP contribution in [0.5, 0.6) is 0 Å². The summed E-state index contributed by atoms with van der Waals surface area (Å²) < 4.78 is 0. The Labute approximate surface area is 122 Å². The summed E-state index contributed by atoms with van der Waals surface area (Å²) in [6.07, 6.45) is 1.45. The van der Waals surface area contributed by atoms with Gasteiger partial charge >= 0.3 is 0 Å². The predicted octanol–water partition coefficient (Wildman–Crippen LogP) is 3.01. The molecule has 0 radical (unpaired) electrons. The molecule has 1 aromatic carbocycles. The Balaban J connectivity index is 1.90. The molecule has 4 heteroatoms. The zero-order chi connectivity index (χ0) is 14.3. The zero-order valence-corrected chi connectivity index (χ0v) is 12.4. The molecule has 20 heavy (non-hydrogen) atoms. The molecular weight excluding hydrogens is 268 g/mol. The molecule has 0 saturated heterocycles. The summed E-state index contributed by atoms with van der Waals surface area (Å²) in [5, 5.41) is 0. The van der Waals surface area contributed by atoms with Gasteiger partial charge in [-0.15, -0.1) is 11.3 Å². The fraction of sp³-hybridized carbons (Fsp3) is 0.250. The Kier molecular flexibility index (Phi) is 3.18. The minimum atomic E-state index is -0.202. The molecule has 0 unspecified atom stereocenters. The maximum absolute atomic E-state index is 11.8. The Morgan fingerprint density at radius 2 is 2.10 bits per heavy atom. The fourth-order valence-electron chi connectivity index (χ4n) is 2.51. The smallest absolute Gasteiger partial charge is 0.279 e. The van der Waals surface area contributed by atoms with Gasteiger partial charge in [0.1, 0.15) is 5.84 Å². The van der Waals surface area contributed by atoms with E-state index in [2.05, 4.69) is 37.0 Å². The summed E-state index contributed by atoms with van der Waals surface area (Å²) in [7, 11) is 0. The summed E-state index contributed by atoms with van der Waals surface area (Å²) in [4.78, 5) is 17.9. The number of carbonyl (C=O) groups is 1. The van der Waals surface area contributed by atoms with Gasteiger partial charge in [-0.05, 0) is 31.0 Å². The normalized spacial score (nSPS) is 14.1. The van der Waals surface area contributed by atoms with Crippen LogP contribution >= 0.6 is 11.3 Å². The second-order valence-corrected chi connectivity index (χ2v) is 6.46. The first-order chi connectivity index (χ1) is 9.52. The molecule has 2 heterocycles. The number of thiophene rings is 1. The molecule has 1 aliphatic heterocycles. The lowest BCUT2D eigenvalue weighted by Crippen LogP contribution is -2.21. The molecule has 1 amide bonds. The average Bonchev–Trinajstić information content (AvgIpc) is 2.75. The highest BCUT2D eigenvalue weighted by molar-refractivity contribution is 7.12. The standard InChI is InChI=1S/C16H16N2OS/c1-9-3-4-11(10(2)5-9)6-12-7-13-14(20-12)8-15(17)18-16(13)19/h3-5,7H,6,8H2,1-2H3,(H2,17,18,19).